The molecule has 0 N–H and O–H groups in total. The Hall–Kier alpha value is -0.970. The molecule has 0 atom stereocenters. The quantitative estimate of drug-likeness (QED) is 0.775. The monoisotopic (exact) mass is 328 g/mol. The number of rotatable bonds is 3. The van der Waals surface area contributed by atoms with Gasteiger partial charge in [0, 0.05) is 11.8 Å². The van der Waals surface area contributed by atoms with Crippen LogP contribution in [0.2, 0.25) is 10.0 Å². The fraction of sp³-hybridized carbons (Fsp3) is 0.357. The van der Waals surface area contributed by atoms with Gasteiger partial charge in [0.25, 0.3) is 0 Å². The highest BCUT2D eigenvalue weighted by atomic mass is 35.5. The minimum atomic E-state index is -0.212. The van der Waals surface area contributed by atoms with Crippen LogP contribution in [-0.4, -0.2) is 15.4 Å². The Bertz CT molecular complexity index is 647. The SMILES string of the molecule is CC(C)(C)c1nnsc1C(=O)Cc1cccc(Cl)c1Cl. The highest BCUT2D eigenvalue weighted by Gasteiger charge is 2.26. The Morgan fingerprint density at radius 2 is 2.00 bits per heavy atom. The van der Waals surface area contributed by atoms with Crippen LogP contribution in [0, 0.1) is 0 Å². The average molecular weight is 329 g/mol. The summed E-state index contributed by atoms with van der Waals surface area (Å²) in [6, 6.07) is 5.29. The number of nitrogens with zero attached hydrogens (tertiary/aromatic N) is 2. The molecule has 106 valence electrons. The minimum absolute atomic E-state index is 0.0332. The van der Waals surface area contributed by atoms with E-state index < -0.39 is 0 Å². The number of carbonyl (C=O) groups is 1. The third-order valence-corrected chi connectivity index (χ3v) is 4.46. The Morgan fingerprint density at radius 1 is 1.30 bits per heavy atom. The molecule has 0 amide bonds. The zero-order valence-corrected chi connectivity index (χ0v) is 13.7. The molecule has 0 aliphatic rings. The standard InChI is InChI=1S/C14H14Cl2N2OS/c1-14(2,3)13-12(20-18-17-13)10(19)7-8-5-4-6-9(15)11(8)16/h4-6H,7H2,1-3H3. The molecule has 1 heterocycles. The fourth-order valence-corrected chi connectivity index (χ4v) is 3.00. The summed E-state index contributed by atoms with van der Waals surface area (Å²) in [4.78, 5) is 13.0. The van der Waals surface area contributed by atoms with Gasteiger partial charge in [-0.25, -0.2) is 0 Å². The number of carbonyl (C=O) groups excluding carboxylic acids is 1. The zero-order valence-electron chi connectivity index (χ0n) is 11.4. The lowest BCUT2D eigenvalue weighted by atomic mass is 9.90. The van der Waals surface area contributed by atoms with Gasteiger partial charge < -0.3 is 0 Å². The van der Waals surface area contributed by atoms with Crippen LogP contribution in [0.3, 0.4) is 0 Å². The number of Topliss-reactive ketones (excluding diaryl/α,β-unsaturated/α-hetero) is 1. The van der Waals surface area contributed by atoms with Crippen LogP contribution >= 0.6 is 34.7 Å². The lowest BCUT2D eigenvalue weighted by Crippen LogP contribution is -2.17. The van der Waals surface area contributed by atoms with Gasteiger partial charge in [0.2, 0.25) is 0 Å². The largest absolute Gasteiger partial charge is 0.293 e. The molecule has 2 rings (SSSR count). The van der Waals surface area contributed by atoms with Crippen LogP contribution < -0.4 is 0 Å². The fourth-order valence-electron chi connectivity index (χ4n) is 1.80. The second kappa shape index (κ2) is 5.80. The van der Waals surface area contributed by atoms with Crippen molar-refractivity contribution >= 4 is 40.5 Å². The molecule has 3 nitrogen and oxygen atoms in total. The van der Waals surface area contributed by atoms with E-state index in [-0.39, 0.29) is 17.6 Å². The third-order valence-electron chi connectivity index (χ3n) is 2.83. The molecule has 0 aliphatic carbocycles. The summed E-state index contributed by atoms with van der Waals surface area (Å²) >= 11 is 13.2. The number of hydrogen-bond acceptors (Lipinski definition) is 4. The van der Waals surface area contributed by atoms with Gasteiger partial charge in [-0.1, -0.05) is 60.6 Å². The molecule has 20 heavy (non-hydrogen) atoms. The Labute approximate surface area is 132 Å². The summed E-state index contributed by atoms with van der Waals surface area (Å²) < 4.78 is 3.90. The predicted octanol–water partition coefficient (Wildman–Crippen LogP) is 4.57. The van der Waals surface area contributed by atoms with Crippen molar-refractivity contribution < 1.29 is 4.79 Å². The topological polar surface area (TPSA) is 42.9 Å². The van der Waals surface area contributed by atoms with Crippen LogP contribution in [0.15, 0.2) is 18.2 Å². The molecule has 6 heteroatoms. The van der Waals surface area contributed by atoms with Crippen molar-refractivity contribution in [3.8, 4) is 0 Å². The van der Waals surface area contributed by atoms with Gasteiger partial charge in [-0.05, 0) is 23.2 Å². The van der Waals surface area contributed by atoms with Crippen molar-refractivity contribution in [2.24, 2.45) is 0 Å². The number of hydrogen-bond donors (Lipinski definition) is 0. The van der Waals surface area contributed by atoms with E-state index >= 15 is 0 Å². The molecule has 1 aromatic heterocycles. The van der Waals surface area contributed by atoms with Gasteiger partial charge in [-0.2, -0.15) is 0 Å². The molecule has 0 saturated heterocycles. The van der Waals surface area contributed by atoms with E-state index in [0.717, 1.165) is 22.8 Å². The van der Waals surface area contributed by atoms with E-state index in [1.807, 2.05) is 20.8 Å². The summed E-state index contributed by atoms with van der Waals surface area (Å²) in [5.41, 5.74) is 1.24. The van der Waals surface area contributed by atoms with Crippen LogP contribution in [0.1, 0.15) is 41.7 Å². The molecule has 0 radical (unpaired) electrons. The Balaban J connectivity index is 2.30. The van der Waals surface area contributed by atoms with E-state index in [0.29, 0.717) is 14.9 Å². The van der Waals surface area contributed by atoms with Crippen molar-refractivity contribution in [1.29, 1.82) is 0 Å². The van der Waals surface area contributed by atoms with Gasteiger partial charge in [0.15, 0.2) is 5.78 Å². The van der Waals surface area contributed by atoms with Gasteiger partial charge in [0.05, 0.1) is 15.7 Å². The third kappa shape index (κ3) is 3.19. The first-order valence-corrected chi connectivity index (χ1v) is 7.62. The van der Waals surface area contributed by atoms with E-state index in [1.54, 1.807) is 18.2 Å². The lowest BCUT2D eigenvalue weighted by Gasteiger charge is -2.16. The molecular formula is C14H14Cl2N2OS. The van der Waals surface area contributed by atoms with Gasteiger partial charge >= 0.3 is 0 Å². The number of ketones is 1. The summed E-state index contributed by atoms with van der Waals surface area (Å²) in [5.74, 6) is -0.0332. The predicted molar refractivity (Wildman–Crippen MR) is 83.1 cm³/mol. The molecular weight excluding hydrogens is 315 g/mol. The Kier molecular flexibility index (Phi) is 4.47. The first kappa shape index (κ1) is 15.4. The Morgan fingerprint density at radius 3 is 2.65 bits per heavy atom. The molecule has 0 spiro atoms. The maximum atomic E-state index is 12.4. The summed E-state index contributed by atoms with van der Waals surface area (Å²) in [5, 5.41) is 4.96. The molecule has 0 unspecified atom stereocenters. The average Bonchev–Trinajstić information content (AvgIpc) is 2.84. The maximum Gasteiger partial charge on any atom is 0.180 e. The normalized spacial score (nSPS) is 11.7. The second-order valence-electron chi connectivity index (χ2n) is 5.51. The first-order chi connectivity index (χ1) is 9.30. The second-order valence-corrected chi connectivity index (χ2v) is 7.05. The molecule has 2 aromatic rings. The van der Waals surface area contributed by atoms with Gasteiger partial charge in [-0.15, -0.1) is 5.10 Å². The smallest absolute Gasteiger partial charge is 0.180 e. The first-order valence-electron chi connectivity index (χ1n) is 6.09. The van der Waals surface area contributed by atoms with Crippen molar-refractivity contribution in [3.05, 3.63) is 44.4 Å². The number of halogens is 2. The van der Waals surface area contributed by atoms with E-state index in [1.165, 1.54) is 0 Å². The zero-order chi connectivity index (χ0) is 14.9. The van der Waals surface area contributed by atoms with Crippen molar-refractivity contribution in [1.82, 2.24) is 9.59 Å². The summed E-state index contributed by atoms with van der Waals surface area (Å²) in [6.07, 6.45) is 0.201. The number of aromatic nitrogens is 2. The summed E-state index contributed by atoms with van der Waals surface area (Å²) in [6.45, 7) is 6.02. The van der Waals surface area contributed by atoms with Crippen LogP contribution in [0.4, 0.5) is 0 Å². The molecule has 0 aliphatic heterocycles. The lowest BCUT2D eigenvalue weighted by molar-refractivity contribution is 0.0994. The van der Waals surface area contributed by atoms with E-state index in [2.05, 4.69) is 9.59 Å². The molecule has 1 aromatic carbocycles. The van der Waals surface area contributed by atoms with Crippen molar-refractivity contribution in [3.63, 3.8) is 0 Å². The van der Waals surface area contributed by atoms with Crippen LogP contribution in [0.5, 0.6) is 0 Å². The van der Waals surface area contributed by atoms with Crippen molar-refractivity contribution in [2.75, 3.05) is 0 Å². The van der Waals surface area contributed by atoms with Crippen LogP contribution in [-0.2, 0) is 11.8 Å². The molecule has 0 bridgehead atoms. The van der Waals surface area contributed by atoms with Gasteiger partial charge in [-0.3, -0.25) is 4.79 Å². The van der Waals surface area contributed by atoms with E-state index in [9.17, 15) is 4.79 Å². The van der Waals surface area contributed by atoms with Crippen molar-refractivity contribution in [2.45, 2.75) is 32.6 Å². The van der Waals surface area contributed by atoms with Crippen LogP contribution in [0.25, 0.3) is 0 Å². The highest BCUT2D eigenvalue weighted by Crippen LogP contribution is 2.29. The maximum absolute atomic E-state index is 12.4. The van der Waals surface area contributed by atoms with Gasteiger partial charge in [0.1, 0.15) is 4.88 Å². The highest BCUT2D eigenvalue weighted by molar-refractivity contribution is 7.08. The molecule has 0 fully saturated rings. The summed E-state index contributed by atoms with van der Waals surface area (Å²) in [7, 11) is 0. The number of benzene rings is 1. The van der Waals surface area contributed by atoms with E-state index in [4.69, 9.17) is 23.2 Å². The minimum Gasteiger partial charge on any atom is -0.293 e. The molecule has 0 saturated carbocycles.